The van der Waals surface area contributed by atoms with Gasteiger partial charge < -0.3 is 14.6 Å². The van der Waals surface area contributed by atoms with Crippen LogP contribution in [0.2, 0.25) is 0 Å². The van der Waals surface area contributed by atoms with E-state index in [2.05, 4.69) is 10.1 Å². The molecule has 0 aliphatic carbocycles. The predicted molar refractivity (Wildman–Crippen MR) is 116 cm³/mol. The molecule has 1 fully saturated rings. The van der Waals surface area contributed by atoms with E-state index in [9.17, 15) is 9.59 Å². The maximum atomic E-state index is 12.4. The van der Waals surface area contributed by atoms with Gasteiger partial charge in [-0.1, -0.05) is 29.8 Å². The van der Waals surface area contributed by atoms with Crippen LogP contribution in [-0.4, -0.2) is 44.3 Å². The molecule has 0 spiro atoms. The average molecular weight is 409 g/mol. The lowest BCUT2D eigenvalue weighted by molar-refractivity contribution is 0.0203. The van der Waals surface area contributed by atoms with E-state index in [0.717, 1.165) is 29.7 Å². The first-order valence-corrected chi connectivity index (χ1v) is 10.4. The number of hydrogen-bond donors (Lipinski definition) is 1. The average Bonchev–Trinajstić information content (AvgIpc) is 3.10. The zero-order valence-corrected chi connectivity index (χ0v) is 17.9. The SMILES string of the molecule is Cc1ccc(-c2cnn3c(C4CCN(C(=O)OC(C)(C)C)CC4)cc(=O)[nH]c23)cc1. The highest BCUT2D eigenvalue weighted by atomic mass is 16.6. The van der Waals surface area contributed by atoms with E-state index >= 15 is 0 Å². The Hall–Kier alpha value is -3.09. The van der Waals surface area contributed by atoms with Gasteiger partial charge in [0.15, 0.2) is 0 Å². The molecule has 0 bridgehead atoms. The molecule has 0 atom stereocenters. The molecule has 4 rings (SSSR count). The Morgan fingerprint density at radius 1 is 1.17 bits per heavy atom. The summed E-state index contributed by atoms with van der Waals surface area (Å²) in [5.41, 5.74) is 4.05. The lowest BCUT2D eigenvalue weighted by Crippen LogP contribution is -2.41. The second kappa shape index (κ2) is 7.63. The number of hydrogen-bond acceptors (Lipinski definition) is 4. The summed E-state index contributed by atoms with van der Waals surface area (Å²) in [5, 5.41) is 4.58. The first-order chi connectivity index (χ1) is 14.2. The van der Waals surface area contributed by atoms with Gasteiger partial charge in [0, 0.05) is 30.6 Å². The van der Waals surface area contributed by atoms with E-state index in [1.54, 1.807) is 17.2 Å². The van der Waals surface area contributed by atoms with Gasteiger partial charge in [-0.2, -0.15) is 5.10 Å². The van der Waals surface area contributed by atoms with Gasteiger partial charge in [0.25, 0.3) is 5.56 Å². The van der Waals surface area contributed by atoms with Crippen LogP contribution < -0.4 is 5.56 Å². The highest BCUT2D eigenvalue weighted by Crippen LogP contribution is 2.30. The molecular formula is C23H28N4O3. The number of piperidine rings is 1. The van der Waals surface area contributed by atoms with Crippen molar-refractivity contribution >= 4 is 11.7 Å². The maximum Gasteiger partial charge on any atom is 0.410 e. The summed E-state index contributed by atoms with van der Waals surface area (Å²) in [4.78, 5) is 29.5. The Balaban J connectivity index is 1.59. The van der Waals surface area contributed by atoms with Crippen LogP contribution in [0.5, 0.6) is 0 Å². The molecule has 1 aliphatic rings. The van der Waals surface area contributed by atoms with Gasteiger partial charge >= 0.3 is 6.09 Å². The third-order valence-electron chi connectivity index (χ3n) is 5.46. The van der Waals surface area contributed by atoms with Crippen LogP contribution in [0.25, 0.3) is 16.8 Å². The number of nitrogens with zero attached hydrogens (tertiary/aromatic N) is 3. The fourth-order valence-electron chi connectivity index (χ4n) is 3.93. The van der Waals surface area contributed by atoms with Gasteiger partial charge in [0.2, 0.25) is 0 Å². The molecule has 0 radical (unpaired) electrons. The topological polar surface area (TPSA) is 79.7 Å². The van der Waals surface area contributed by atoms with Gasteiger partial charge in [-0.05, 0) is 46.1 Å². The van der Waals surface area contributed by atoms with Crippen molar-refractivity contribution in [3.8, 4) is 11.1 Å². The van der Waals surface area contributed by atoms with E-state index in [1.165, 1.54) is 5.56 Å². The number of amides is 1. The fraction of sp³-hybridized carbons (Fsp3) is 0.435. The number of H-pyrrole nitrogens is 1. The predicted octanol–water partition coefficient (Wildman–Crippen LogP) is 4.11. The monoisotopic (exact) mass is 408 g/mol. The summed E-state index contributed by atoms with van der Waals surface area (Å²) in [6.07, 6.45) is 3.04. The Bertz CT molecular complexity index is 1110. The largest absolute Gasteiger partial charge is 0.444 e. The molecule has 7 heteroatoms. The van der Waals surface area contributed by atoms with Crippen LogP contribution in [0, 0.1) is 6.92 Å². The number of fused-ring (bicyclic) bond motifs is 1. The lowest BCUT2D eigenvalue weighted by atomic mass is 9.93. The van der Waals surface area contributed by atoms with E-state index in [0.29, 0.717) is 18.7 Å². The first kappa shape index (κ1) is 20.2. The highest BCUT2D eigenvalue weighted by molar-refractivity contribution is 5.77. The maximum absolute atomic E-state index is 12.4. The molecule has 2 aromatic heterocycles. The van der Waals surface area contributed by atoms with Crippen molar-refractivity contribution in [3.63, 3.8) is 0 Å². The molecule has 158 valence electrons. The quantitative estimate of drug-likeness (QED) is 0.692. The summed E-state index contributed by atoms with van der Waals surface area (Å²) in [7, 11) is 0. The molecule has 1 aromatic carbocycles. The van der Waals surface area contributed by atoms with Crippen LogP contribution in [0.1, 0.15) is 50.8 Å². The number of aryl methyl sites for hydroxylation is 1. The van der Waals surface area contributed by atoms with E-state index < -0.39 is 5.60 Å². The van der Waals surface area contributed by atoms with Crippen molar-refractivity contribution in [1.29, 1.82) is 0 Å². The number of nitrogens with one attached hydrogen (secondary N) is 1. The molecule has 3 aromatic rings. The van der Waals surface area contributed by atoms with Gasteiger partial charge in [0.05, 0.1) is 11.9 Å². The van der Waals surface area contributed by atoms with Crippen molar-refractivity contribution in [2.45, 2.75) is 52.1 Å². The minimum atomic E-state index is -0.506. The van der Waals surface area contributed by atoms with Crippen LogP contribution in [0.4, 0.5) is 4.79 Å². The second-order valence-corrected chi connectivity index (χ2v) is 8.98. The fourth-order valence-corrected chi connectivity index (χ4v) is 3.93. The van der Waals surface area contributed by atoms with Gasteiger partial charge in [0.1, 0.15) is 11.2 Å². The molecule has 0 unspecified atom stereocenters. The number of benzene rings is 1. The summed E-state index contributed by atoms with van der Waals surface area (Å²) < 4.78 is 7.32. The van der Waals surface area contributed by atoms with E-state index in [4.69, 9.17) is 4.74 Å². The Morgan fingerprint density at radius 2 is 1.83 bits per heavy atom. The van der Waals surface area contributed by atoms with E-state index in [1.807, 2.05) is 56.5 Å². The molecule has 1 aliphatic heterocycles. The smallest absolute Gasteiger partial charge is 0.410 e. The summed E-state index contributed by atoms with van der Waals surface area (Å²) in [6.45, 7) is 8.85. The Morgan fingerprint density at radius 3 is 2.47 bits per heavy atom. The number of likely N-dealkylation sites (tertiary alicyclic amines) is 1. The van der Waals surface area contributed by atoms with Crippen LogP contribution >= 0.6 is 0 Å². The molecule has 3 heterocycles. The van der Waals surface area contributed by atoms with Crippen LogP contribution in [-0.2, 0) is 4.74 Å². The molecule has 7 nitrogen and oxygen atoms in total. The minimum Gasteiger partial charge on any atom is -0.444 e. The molecule has 1 saturated heterocycles. The van der Waals surface area contributed by atoms with Gasteiger partial charge in [-0.3, -0.25) is 4.79 Å². The van der Waals surface area contributed by atoms with Crippen molar-refractivity contribution in [2.24, 2.45) is 0 Å². The van der Waals surface area contributed by atoms with Crippen molar-refractivity contribution in [1.82, 2.24) is 19.5 Å². The standard InChI is InChI=1S/C23H28N4O3/c1-15-5-7-16(8-6-15)18-14-24-27-19(13-20(28)25-21(18)27)17-9-11-26(12-10-17)22(29)30-23(2,3)4/h5-8,13-14,17H,9-12H2,1-4H3,(H,25,28). The zero-order valence-electron chi connectivity index (χ0n) is 17.9. The number of carbonyl (C=O) groups excluding carboxylic acids is 1. The molecular weight excluding hydrogens is 380 g/mol. The Labute approximate surface area is 175 Å². The summed E-state index contributed by atoms with van der Waals surface area (Å²) in [6, 6.07) is 9.81. The summed E-state index contributed by atoms with van der Waals surface area (Å²) in [5.74, 6) is 0.152. The third kappa shape index (κ3) is 4.10. The summed E-state index contributed by atoms with van der Waals surface area (Å²) >= 11 is 0. The number of aromatic nitrogens is 3. The number of rotatable bonds is 2. The number of aromatic amines is 1. The first-order valence-electron chi connectivity index (χ1n) is 10.4. The van der Waals surface area contributed by atoms with Gasteiger partial charge in [-0.15, -0.1) is 0 Å². The molecule has 1 N–H and O–H groups in total. The lowest BCUT2D eigenvalue weighted by Gasteiger charge is -2.33. The molecule has 0 saturated carbocycles. The number of ether oxygens (including phenoxy) is 1. The highest BCUT2D eigenvalue weighted by Gasteiger charge is 2.29. The van der Waals surface area contributed by atoms with Gasteiger partial charge in [-0.25, -0.2) is 9.31 Å². The third-order valence-corrected chi connectivity index (χ3v) is 5.46. The normalized spacial score (nSPS) is 15.5. The zero-order chi connectivity index (χ0) is 21.5. The van der Waals surface area contributed by atoms with Crippen LogP contribution in [0.15, 0.2) is 41.3 Å². The Kier molecular flexibility index (Phi) is 5.13. The van der Waals surface area contributed by atoms with Crippen LogP contribution in [0.3, 0.4) is 0 Å². The number of carbonyl (C=O) groups is 1. The minimum absolute atomic E-state index is 0.138. The van der Waals surface area contributed by atoms with E-state index in [-0.39, 0.29) is 17.6 Å². The second-order valence-electron chi connectivity index (χ2n) is 8.98. The van der Waals surface area contributed by atoms with Crippen molar-refractivity contribution in [3.05, 3.63) is 58.1 Å². The van der Waals surface area contributed by atoms with Crippen molar-refractivity contribution in [2.75, 3.05) is 13.1 Å². The molecule has 1 amide bonds. The van der Waals surface area contributed by atoms with Crippen molar-refractivity contribution < 1.29 is 9.53 Å². The molecule has 30 heavy (non-hydrogen) atoms.